The van der Waals surface area contributed by atoms with E-state index in [0.717, 1.165) is 57.1 Å². The third kappa shape index (κ3) is 5.02. The molecule has 30 heavy (non-hydrogen) atoms. The Kier molecular flexibility index (Phi) is 6.70. The van der Waals surface area contributed by atoms with Crippen LogP contribution in [0.4, 0.5) is 5.69 Å². The Morgan fingerprint density at radius 1 is 1.03 bits per heavy atom. The van der Waals surface area contributed by atoms with E-state index in [1.807, 2.05) is 24.3 Å². The van der Waals surface area contributed by atoms with Gasteiger partial charge in [0.2, 0.25) is 0 Å². The number of anilines is 1. The van der Waals surface area contributed by atoms with Gasteiger partial charge in [-0.05, 0) is 62.2 Å². The monoisotopic (exact) mass is 407 g/mol. The number of hydrogen-bond donors (Lipinski definition) is 0. The van der Waals surface area contributed by atoms with E-state index in [2.05, 4.69) is 39.0 Å². The first-order chi connectivity index (χ1) is 14.6. The molecule has 160 valence electrons. The van der Waals surface area contributed by atoms with Crippen LogP contribution in [0.1, 0.15) is 35.7 Å². The van der Waals surface area contributed by atoms with E-state index in [1.165, 1.54) is 24.1 Å². The summed E-state index contributed by atoms with van der Waals surface area (Å²) in [5.41, 5.74) is 3.34. The van der Waals surface area contributed by atoms with Crippen LogP contribution in [0.25, 0.3) is 0 Å². The normalized spacial score (nSPS) is 20.9. The molecular weight excluding hydrogens is 374 g/mol. The average Bonchev–Trinajstić information content (AvgIpc) is 2.79. The molecule has 0 N–H and O–H groups in total. The quantitative estimate of drug-likeness (QED) is 0.683. The van der Waals surface area contributed by atoms with E-state index < -0.39 is 0 Å². The second-order valence-electron chi connectivity index (χ2n) is 8.51. The molecule has 0 aromatic heterocycles. The van der Waals surface area contributed by atoms with Gasteiger partial charge in [0.1, 0.15) is 5.75 Å². The molecule has 0 amide bonds. The number of ketones is 1. The van der Waals surface area contributed by atoms with Crippen LogP contribution >= 0.6 is 0 Å². The Hall–Kier alpha value is -2.37. The number of hydrogen-bond acceptors (Lipinski definition) is 5. The number of carbonyl (C=O) groups excluding carboxylic acids is 1. The summed E-state index contributed by atoms with van der Waals surface area (Å²) < 4.78 is 5.28. The van der Waals surface area contributed by atoms with Gasteiger partial charge in [-0.25, -0.2) is 0 Å². The first kappa shape index (κ1) is 20.9. The molecule has 0 saturated carbocycles. The first-order valence-corrected chi connectivity index (χ1v) is 11.1. The van der Waals surface area contributed by atoms with Gasteiger partial charge in [-0.2, -0.15) is 0 Å². The Labute approximate surface area is 180 Å². The number of likely N-dealkylation sites (tertiary alicyclic amines) is 1. The van der Waals surface area contributed by atoms with E-state index in [1.54, 1.807) is 14.0 Å². The fourth-order valence-corrected chi connectivity index (χ4v) is 4.76. The number of Topliss-reactive ketones (excluding diaryl/α,β-unsaturated/α-hetero) is 1. The molecule has 0 spiro atoms. The van der Waals surface area contributed by atoms with Gasteiger partial charge in [-0.3, -0.25) is 14.6 Å². The van der Waals surface area contributed by atoms with E-state index in [0.29, 0.717) is 6.04 Å². The van der Waals surface area contributed by atoms with Crippen molar-refractivity contribution in [1.29, 1.82) is 0 Å². The molecule has 2 saturated heterocycles. The molecule has 2 aromatic rings. The molecule has 0 bridgehead atoms. The van der Waals surface area contributed by atoms with Gasteiger partial charge < -0.3 is 9.64 Å². The maximum Gasteiger partial charge on any atom is 0.159 e. The highest BCUT2D eigenvalue weighted by Gasteiger charge is 2.28. The van der Waals surface area contributed by atoms with Crippen LogP contribution in [0, 0.1) is 0 Å². The Morgan fingerprint density at radius 3 is 2.50 bits per heavy atom. The maximum absolute atomic E-state index is 11.7. The zero-order chi connectivity index (χ0) is 20.9. The van der Waals surface area contributed by atoms with Crippen molar-refractivity contribution in [3.8, 4) is 5.75 Å². The maximum atomic E-state index is 11.7. The summed E-state index contributed by atoms with van der Waals surface area (Å²) in [6.07, 6.45) is 2.53. The minimum absolute atomic E-state index is 0.142. The highest BCUT2D eigenvalue weighted by atomic mass is 16.5. The van der Waals surface area contributed by atoms with Gasteiger partial charge >= 0.3 is 0 Å². The second kappa shape index (κ2) is 9.63. The lowest BCUT2D eigenvalue weighted by atomic mass is 10.0. The minimum Gasteiger partial charge on any atom is -0.497 e. The molecular formula is C25H33N3O2. The smallest absolute Gasteiger partial charge is 0.159 e. The van der Waals surface area contributed by atoms with E-state index in [4.69, 9.17) is 4.74 Å². The van der Waals surface area contributed by atoms with Gasteiger partial charge in [0.25, 0.3) is 0 Å². The molecule has 0 unspecified atom stereocenters. The zero-order valence-corrected chi connectivity index (χ0v) is 18.2. The summed E-state index contributed by atoms with van der Waals surface area (Å²) >= 11 is 0. The lowest BCUT2D eigenvalue weighted by Crippen LogP contribution is -2.55. The standard InChI is InChI=1S/C25H33N3O2/c1-20(29)22-6-3-5-21(17-22)18-26-12-4-7-24(19-26)28-15-13-27(14-16-28)23-8-10-25(30-2)11-9-23/h3,5-6,8-11,17,24H,4,7,12-16,18-19H2,1-2H3/t24-/m0/s1. The van der Waals surface area contributed by atoms with Crippen LogP contribution in [0.3, 0.4) is 0 Å². The molecule has 4 rings (SSSR count). The molecule has 0 aliphatic carbocycles. The number of benzene rings is 2. The summed E-state index contributed by atoms with van der Waals surface area (Å²) in [6, 6.07) is 17.1. The molecule has 1 atom stereocenters. The minimum atomic E-state index is 0.142. The molecule has 2 aliphatic rings. The highest BCUT2D eigenvalue weighted by molar-refractivity contribution is 5.94. The number of methoxy groups -OCH3 is 1. The highest BCUT2D eigenvalue weighted by Crippen LogP contribution is 2.23. The number of nitrogens with zero attached hydrogens (tertiary/aromatic N) is 3. The topological polar surface area (TPSA) is 36.0 Å². The predicted molar refractivity (Wildman–Crippen MR) is 122 cm³/mol. The van der Waals surface area contributed by atoms with Gasteiger partial charge in [-0.1, -0.05) is 18.2 Å². The Morgan fingerprint density at radius 2 is 1.80 bits per heavy atom. The van der Waals surface area contributed by atoms with Crippen LogP contribution in [0.2, 0.25) is 0 Å². The number of piperazine rings is 1. The Balaban J connectivity index is 1.31. The third-order valence-electron chi connectivity index (χ3n) is 6.49. The number of ether oxygens (including phenoxy) is 1. The summed E-state index contributed by atoms with van der Waals surface area (Å²) in [5.74, 6) is 1.05. The largest absolute Gasteiger partial charge is 0.497 e. The molecule has 5 nitrogen and oxygen atoms in total. The van der Waals surface area contributed by atoms with Gasteiger partial charge in [0.15, 0.2) is 5.78 Å². The van der Waals surface area contributed by atoms with Crippen molar-refractivity contribution < 1.29 is 9.53 Å². The zero-order valence-electron chi connectivity index (χ0n) is 18.2. The number of carbonyl (C=O) groups is 1. The third-order valence-corrected chi connectivity index (χ3v) is 6.49. The predicted octanol–water partition coefficient (Wildman–Crippen LogP) is 3.68. The average molecular weight is 408 g/mol. The summed E-state index contributed by atoms with van der Waals surface area (Å²) in [7, 11) is 1.71. The molecule has 2 aromatic carbocycles. The molecule has 2 aliphatic heterocycles. The van der Waals surface area contributed by atoms with Crippen LogP contribution in [-0.4, -0.2) is 68.0 Å². The molecule has 5 heteroatoms. The molecule has 2 heterocycles. The van der Waals surface area contributed by atoms with Gasteiger partial charge in [0, 0.05) is 56.6 Å². The van der Waals surface area contributed by atoms with Crippen molar-refractivity contribution in [1.82, 2.24) is 9.80 Å². The van der Waals surface area contributed by atoms with Gasteiger partial charge in [-0.15, -0.1) is 0 Å². The van der Waals surface area contributed by atoms with E-state index >= 15 is 0 Å². The SMILES string of the molecule is COc1ccc(N2CCN([C@H]3CCCN(Cc4cccc(C(C)=O)c4)C3)CC2)cc1. The van der Waals surface area contributed by atoms with Crippen LogP contribution in [0.5, 0.6) is 5.75 Å². The molecule has 0 radical (unpaired) electrons. The fourth-order valence-electron chi connectivity index (χ4n) is 4.76. The fraction of sp³-hybridized carbons (Fsp3) is 0.480. The number of piperidine rings is 1. The van der Waals surface area contributed by atoms with Crippen LogP contribution < -0.4 is 9.64 Å². The summed E-state index contributed by atoms with van der Waals surface area (Å²) in [4.78, 5) is 19.4. The lowest BCUT2D eigenvalue weighted by Gasteiger charge is -2.44. The Bertz CT molecular complexity index is 844. The van der Waals surface area contributed by atoms with E-state index in [9.17, 15) is 4.79 Å². The first-order valence-electron chi connectivity index (χ1n) is 11.1. The van der Waals surface area contributed by atoms with E-state index in [-0.39, 0.29) is 5.78 Å². The second-order valence-corrected chi connectivity index (χ2v) is 8.51. The summed E-state index contributed by atoms with van der Waals surface area (Å²) in [5, 5.41) is 0. The molecule has 2 fully saturated rings. The van der Waals surface area contributed by atoms with Crippen molar-refractivity contribution in [3.63, 3.8) is 0 Å². The van der Waals surface area contributed by atoms with Crippen molar-refractivity contribution in [2.24, 2.45) is 0 Å². The van der Waals surface area contributed by atoms with Crippen molar-refractivity contribution >= 4 is 11.5 Å². The number of rotatable bonds is 6. The van der Waals surface area contributed by atoms with Crippen molar-refractivity contribution in [3.05, 3.63) is 59.7 Å². The van der Waals surface area contributed by atoms with Crippen LogP contribution in [-0.2, 0) is 6.54 Å². The van der Waals surface area contributed by atoms with Crippen LogP contribution in [0.15, 0.2) is 48.5 Å². The van der Waals surface area contributed by atoms with Gasteiger partial charge in [0.05, 0.1) is 7.11 Å². The summed E-state index contributed by atoms with van der Waals surface area (Å²) in [6.45, 7) is 9.21. The van der Waals surface area contributed by atoms with Crippen molar-refractivity contribution in [2.45, 2.75) is 32.4 Å². The van der Waals surface area contributed by atoms with Crippen molar-refractivity contribution in [2.75, 3.05) is 51.3 Å². The lowest BCUT2D eigenvalue weighted by molar-refractivity contribution is 0.0887.